The fourth-order valence-electron chi connectivity index (χ4n) is 1.67. The number of carbonyl (C=O) groups excluding carboxylic acids is 3. The molecular formula is C14H18N2O6. The predicted octanol–water partition coefficient (Wildman–Crippen LogP) is 0.777. The van der Waals surface area contributed by atoms with Crippen LogP contribution in [0.25, 0.3) is 0 Å². The van der Waals surface area contributed by atoms with E-state index in [-0.39, 0.29) is 11.3 Å². The van der Waals surface area contributed by atoms with Crippen molar-refractivity contribution in [2.24, 2.45) is 11.7 Å². The van der Waals surface area contributed by atoms with E-state index < -0.39 is 29.9 Å². The molecule has 1 rings (SSSR count). The Morgan fingerprint density at radius 1 is 1.27 bits per heavy atom. The van der Waals surface area contributed by atoms with Crippen LogP contribution in [0.5, 0.6) is 11.5 Å². The third-order valence-electron chi connectivity index (χ3n) is 2.77. The molecule has 0 saturated carbocycles. The number of ether oxygens (including phenoxy) is 2. The number of phenols is 1. The summed E-state index contributed by atoms with van der Waals surface area (Å²) in [6, 6.07) is 2.97. The standard InChI is InChI=1S/C14H18N2O6/c1-7(2)11(12(18)16-14(15)20)22-13(19)9-5-4-8(21-3)6-10(9)17/h4-7,11,17H,1-3H3,(H3,15,16,18,20)/t11-/m0/s1. The first-order valence-electron chi connectivity index (χ1n) is 6.44. The lowest BCUT2D eigenvalue weighted by molar-refractivity contribution is -0.130. The van der Waals surface area contributed by atoms with Crippen LogP contribution in [0.4, 0.5) is 4.79 Å². The van der Waals surface area contributed by atoms with E-state index in [4.69, 9.17) is 15.2 Å². The first-order valence-corrected chi connectivity index (χ1v) is 6.44. The lowest BCUT2D eigenvalue weighted by atomic mass is 10.1. The van der Waals surface area contributed by atoms with Crippen molar-refractivity contribution >= 4 is 17.9 Å². The summed E-state index contributed by atoms with van der Waals surface area (Å²) in [6.07, 6.45) is -1.22. The highest BCUT2D eigenvalue weighted by atomic mass is 16.5. The van der Waals surface area contributed by atoms with Gasteiger partial charge in [0.2, 0.25) is 0 Å². The molecule has 0 radical (unpaired) electrons. The van der Waals surface area contributed by atoms with Gasteiger partial charge in [0.1, 0.15) is 17.1 Å². The van der Waals surface area contributed by atoms with Crippen LogP contribution in [0.3, 0.4) is 0 Å². The zero-order valence-corrected chi connectivity index (χ0v) is 12.5. The smallest absolute Gasteiger partial charge is 0.342 e. The number of carbonyl (C=O) groups is 3. The van der Waals surface area contributed by atoms with Gasteiger partial charge in [-0.25, -0.2) is 9.59 Å². The number of nitrogens with one attached hydrogen (secondary N) is 1. The minimum atomic E-state index is -1.22. The molecule has 0 aliphatic carbocycles. The molecule has 0 aromatic heterocycles. The molecule has 0 aliphatic heterocycles. The maximum atomic E-state index is 12.1. The molecule has 0 spiro atoms. The molecule has 1 aromatic carbocycles. The number of primary amides is 1. The van der Waals surface area contributed by atoms with Gasteiger partial charge in [-0.1, -0.05) is 13.8 Å². The van der Waals surface area contributed by atoms with Crippen LogP contribution in [0.2, 0.25) is 0 Å². The summed E-state index contributed by atoms with van der Waals surface area (Å²) in [5.41, 5.74) is 4.74. The van der Waals surface area contributed by atoms with Gasteiger partial charge in [0.05, 0.1) is 7.11 Å². The SMILES string of the molecule is COc1ccc(C(=O)O[C@H](C(=O)NC(N)=O)C(C)C)c(O)c1. The topological polar surface area (TPSA) is 128 Å². The summed E-state index contributed by atoms with van der Waals surface area (Å²) in [7, 11) is 1.41. The molecular weight excluding hydrogens is 292 g/mol. The Morgan fingerprint density at radius 3 is 2.36 bits per heavy atom. The van der Waals surface area contributed by atoms with Crippen LogP contribution in [0.1, 0.15) is 24.2 Å². The van der Waals surface area contributed by atoms with Crippen molar-refractivity contribution in [1.29, 1.82) is 0 Å². The van der Waals surface area contributed by atoms with Gasteiger partial charge in [-0.3, -0.25) is 10.1 Å². The Balaban J connectivity index is 2.92. The average molecular weight is 310 g/mol. The van der Waals surface area contributed by atoms with Gasteiger partial charge in [0, 0.05) is 6.07 Å². The highest BCUT2D eigenvalue weighted by Crippen LogP contribution is 2.24. The van der Waals surface area contributed by atoms with E-state index in [0.717, 1.165) is 0 Å². The van der Waals surface area contributed by atoms with Crippen LogP contribution >= 0.6 is 0 Å². The molecule has 0 heterocycles. The number of aromatic hydroxyl groups is 1. The van der Waals surface area contributed by atoms with Crippen molar-refractivity contribution in [2.45, 2.75) is 20.0 Å². The van der Waals surface area contributed by atoms with Crippen LogP contribution in [-0.2, 0) is 9.53 Å². The number of benzene rings is 1. The molecule has 0 unspecified atom stereocenters. The normalized spacial score (nSPS) is 11.6. The highest BCUT2D eigenvalue weighted by Gasteiger charge is 2.28. The molecule has 0 bridgehead atoms. The molecule has 22 heavy (non-hydrogen) atoms. The van der Waals surface area contributed by atoms with E-state index in [2.05, 4.69) is 0 Å². The van der Waals surface area contributed by atoms with Crippen LogP contribution < -0.4 is 15.8 Å². The van der Waals surface area contributed by atoms with Gasteiger partial charge >= 0.3 is 12.0 Å². The quantitative estimate of drug-likeness (QED) is 0.689. The molecule has 0 saturated heterocycles. The fourth-order valence-corrected chi connectivity index (χ4v) is 1.67. The number of phenolic OH excluding ortho intramolecular Hbond substituents is 1. The van der Waals surface area contributed by atoms with E-state index >= 15 is 0 Å². The average Bonchev–Trinajstić information content (AvgIpc) is 2.42. The number of rotatable bonds is 5. The second-order valence-electron chi connectivity index (χ2n) is 4.81. The molecule has 8 heteroatoms. The van der Waals surface area contributed by atoms with E-state index in [9.17, 15) is 19.5 Å². The Morgan fingerprint density at radius 2 is 1.91 bits per heavy atom. The second kappa shape index (κ2) is 7.30. The number of amides is 3. The Labute approximate surface area is 127 Å². The van der Waals surface area contributed by atoms with Gasteiger partial charge in [-0.2, -0.15) is 0 Å². The monoisotopic (exact) mass is 310 g/mol. The van der Waals surface area contributed by atoms with E-state index in [0.29, 0.717) is 5.75 Å². The maximum absolute atomic E-state index is 12.1. The van der Waals surface area contributed by atoms with Gasteiger partial charge < -0.3 is 20.3 Å². The van der Waals surface area contributed by atoms with E-state index in [1.165, 1.54) is 25.3 Å². The van der Waals surface area contributed by atoms with Crippen molar-refractivity contribution in [2.75, 3.05) is 7.11 Å². The van der Waals surface area contributed by atoms with Crippen molar-refractivity contribution in [3.63, 3.8) is 0 Å². The number of urea groups is 1. The molecule has 120 valence electrons. The minimum Gasteiger partial charge on any atom is -0.507 e. The van der Waals surface area contributed by atoms with Crippen LogP contribution in [0, 0.1) is 5.92 Å². The number of hydrogen-bond donors (Lipinski definition) is 3. The van der Waals surface area contributed by atoms with E-state index in [1.54, 1.807) is 13.8 Å². The van der Waals surface area contributed by atoms with E-state index in [1.807, 2.05) is 5.32 Å². The largest absolute Gasteiger partial charge is 0.507 e. The third-order valence-corrected chi connectivity index (χ3v) is 2.77. The molecule has 1 atom stereocenters. The summed E-state index contributed by atoms with van der Waals surface area (Å²) >= 11 is 0. The summed E-state index contributed by atoms with van der Waals surface area (Å²) in [6.45, 7) is 3.26. The van der Waals surface area contributed by atoms with Crippen molar-refractivity contribution in [3.05, 3.63) is 23.8 Å². The number of hydrogen-bond acceptors (Lipinski definition) is 6. The van der Waals surface area contributed by atoms with Crippen LogP contribution in [0.15, 0.2) is 18.2 Å². The summed E-state index contributed by atoms with van der Waals surface area (Å²) in [5.74, 6) is -2.12. The molecule has 4 N–H and O–H groups in total. The lowest BCUT2D eigenvalue weighted by Gasteiger charge is -2.20. The number of esters is 1. The number of nitrogens with two attached hydrogens (primary N) is 1. The second-order valence-corrected chi connectivity index (χ2v) is 4.81. The van der Waals surface area contributed by atoms with Gasteiger partial charge in [0.25, 0.3) is 5.91 Å². The van der Waals surface area contributed by atoms with Crippen molar-refractivity contribution < 1.29 is 29.0 Å². The molecule has 1 aromatic rings. The summed E-state index contributed by atoms with van der Waals surface area (Å²) in [4.78, 5) is 34.5. The lowest BCUT2D eigenvalue weighted by Crippen LogP contribution is -2.45. The first kappa shape index (κ1) is 17.3. The van der Waals surface area contributed by atoms with Crippen molar-refractivity contribution in [3.8, 4) is 11.5 Å². The maximum Gasteiger partial charge on any atom is 0.342 e. The molecule has 0 aliphatic rings. The van der Waals surface area contributed by atoms with Crippen molar-refractivity contribution in [1.82, 2.24) is 5.32 Å². The molecule has 3 amide bonds. The number of imide groups is 1. The minimum absolute atomic E-state index is 0.127. The van der Waals surface area contributed by atoms with Gasteiger partial charge in [-0.15, -0.1) is 0 Å². The zero-order chi connectivity index (χ0) is 16.9. The van der Waals surface area contributed by atoms with Gasteiger partial charge in [-0.05, 0) is 18.1 Å². The van der Waals surface area contributed by atoms with Gasteiger partial charge in [0.15, 0.2) is 6.10 Å². The third kappa shape index (κ3) is 4.37. The summed E-state index contributed by atoms with van der Waals surface area (Å²) in [5, 5.41) is 11.6. The fraction of sp³-hybridized carbons (Fsp3) is 0.357. The number of methoxy groups -OCH3 is 1. The molecule has 8 nitrogen and oxygen atoms in total. The zero-order valence-electron chi connectivity index (χ0n) is 12.5. The molecule has 0 fully saturated rings. The van der Waals surface area contributed by atoms with Crippen LogP contribution in [-0.4, -0.2) is 36.2 Å². The summed E-state index contributed by atoms with van der Waals surface area (Å²) < 4.78 is 9.96. The first-order chi connectivity index (χ1) is 10.3. The Kier molecular flexibility index (Phi) is 5.73. The predicted molar refractivity (Wildman–Crippen MR) is 76.4 cm³/mol. The Bertz CT molecular complexity index is 585. The highest BCUT2D eigenvalue weighted by molar-refractivity contribution is 5.99. The Hall–Kier alpha value is -2.77.